The number of fused-ring (bicyclic) bond motifs is 3. The molecule has 5 heteroatoms. The number of aromatic nitrogens is 1. The zero-order valence-electron chi connectivity index (χ0n) is 17.0. The van der Waals surface area contributed by atoms with Crippen molar-refractivity contribution in [2.45, 2.75) is 32.6 Å². The number of ether oxygens (including phenoxy) is 2. The smallest absolute Gasteiger partial charge is 0.418 e. The van der Waals surface area contributed by atoms with Crippen molar-refractivity contribution in [3.05, 3.63) is 65.4 Å². The molecule has 1 heterocycles. The first-order chi connectivity index (χ1) is 14.0. The van der Waals surface area contributed by atoms with Crippen LogP contribution >= 0.6 is 0 Å². The van der Waals surface area contributed by atoms with Gasteiger partial charge < -0.3 is 9.47 Å². The van der Waals surface area contributed by atoms with Gasteiger partial charge in [-0.2, -0.15) is 0 Å². The predicted octanol–water partition coefficient (Wildman–Crippen LogP) is 4.74. The van der Waals surface area contributed by atoms with Crippen molar-refractivity contribution < 1.29 is 19.1 Å². The van der Waals surface area contributed by atoms with Crippen molar-refractivity contribution in [3.63, 3.8) is 0 Å². The molecule has 0 bridgehead atoms. The van der Waals surface area contributed by atoms with E-state index in [0.29, 0.717) is 19.4 Å². The van der Waals surface area contributed by atoms with E-state index in [9.17, 15) is 9.59 Å². The number of benzene rings is 2. The molecule has 0 fully saturated rings. The fourth-order valence-corrected chi connectivity index (χ4v) is 4.54. The second-order valence-electron chi connectivity index (χ2n) is 7.48. The van der Waals surface area contributed by atoms with Gasteiger partial charge in [-0.1, -0.05) is 30.3 Å². The summed E-state index contributed by atoms with van der Waals surface area (Å²) in [6, 6.07) is 15.7. The van der Waals surface area contributed by atoms with Crippen molar-refractivity contribution in [2.75, 3.05) is 13.7 Å². The van der Waals surface area contributed by atoms with E-state index in [2.05, 4.69) is 0 Å². The molecule has 1 aliphatic rings. The first kappa shape index (κ1) is 19.2. The number of nitrogens with zero attached hydrogens (tertiary/aromatic N) is 1. The molecule has 1 aromatic heterocycles. The SMILES string of the molecule is CCOC(=O)n1c2c(c3ccccc31)C[C@@H](C(C)=O)[C@@H](c1ccc(OC)cc1)C2. The average molecular weight is 391 g/mol. The number of methoxy groups -OCH3 is 1. The Morgan fingerprint density at radius 3 is 2.45 bits per heavy atom. The molecule has 29 heavy (non-hydrogen) atoms. The highest BCUT2D eigenvalue weighted by molar-refractivity contribution is 5.95. The first-order valence-electron chi connectivity index (χ1n) is 9.97. The molecular formula is C24H25NO4. The molecule has 0 amide bonds. The van der Waals surface area contributed by atoms with Crippen LogP contribution in [0, 0.1) is 5.92 Å². The average Bonchev–Trinajstić information content (AvgIpc) is 3.06. The van der Waals surface area contributed by atoms with Crippen LogP contribution < -0.4 is 4.74 Å². The lowest BCUT2D eigenvalue weighted by atomic mass is 9.72. The van der Waals surface area contributed by atoms with Crippen LogP contribution in [0.15, 0.2) is 48.5 Å². The maximum Gasteiger partial charge on any atom is 0.418 e. The monoisotopic (exact) mass is 391 g/mol. The molecule has 2 aromatic carbocycles. The van der Waals surface area contributed by atoms with Crippen molar-refractivity contribution in [1.29, 1.82) is 0 Å². The normalized spacial score (nSPS) is 18.3. The number of Topliss-reactive ketones (excluding diaryl/α,β-unsaturated/α-hetero) is 1. The first-order valence-corrected chi connectivity index (χ1v) is 9.97. The largest absolute Gasteiger partial charge is 0.497 e. The molecule has 4 rings (SSSR count). The Morgan fingerprint density at radius 2 is 1.79 bits per heavy atom. The number of hydrogen-bond donors (Lipinski definition) is 0. The molecule has 0 unspecified atom stereocenters. The lowest BCUT2D eigenvalue weighted by Gasteiger charge is -2.31. The van der Waals surface area contributed by atoms with Crippen LogP contribution in [-0.2, 0) is 22.4 Å². The number of hydrogen-bond acceptors (Lipinski definition) is 4. The van der Waals surface area contributed by atoms with E-state index in [1.54, 1.807) is 18.6 Å². The maximum atomic E-state index is 12.8. The van der Waals surface area contributed by atoms with Gasteiger partial charge in [-0.3, -0.25) is 4.79 Å². The van der Waals surface area contributed by atoms with Crippen LogP contribution in [0.4, 0.5) is 4.79 Å². The van der Waals surface area contributed by atoms with E-state index in [4.69, 9.17) is 9.47 Å². The highest BCUT2D eigenvalue weighted by Crippen LogP contribution is 2.42. The third kappa shape index (κ3) is 3.31. The van der Waals surface area contributed by atoms with Crippen molar-refractivity contribution in [2.24, 2.45) is 5.92 Å². The maximum absolute atomic E-state index is 12.8. The van der Waals surface area contributed by atoms with E-state index < -0.39 is 0 Å². The minimum absolute atomic E-state index is 0.00314. The van der Waals surface area contributed by atoms with Crippen LogP contribution in [0.2, 0.25) is 0 Å². The standard InChI is InChI=1S/C24H25NO4/c1-4-29-24(27)25-22-8-6-5-7-18(22)21-13-19(15(2)26)20(14-23(21)25)16-9-11-17(28-3)12-10-16/h5-12,19-20H,4,13-14H2,1-3H3/t19-,20+/m0/s1. The van der Waals surface area contributed by atoms with Gasteiger partial charge in [0.25, 0.3) is 0 Å². The summed E-state index contributed by atoms with van der Waals surface area (Å²) < 4.78 is 12.3. The zero-order chi connectivity index (χ0) is 20.5. The van der Waals surface area contributed by atoms with E-state index in [1.807, 2.05) is 55.5 Å². The van der Waals surface area contributed by atoms with Gasteiger partial charge in [-0.05, 0) is 61.9 Å². The Morgan fingerprint density at radius 1 is 1.07 bits per heavy atom. The van der Waals surface area contributed by atoms with E-state index >= 15 is 0 Å². The Kier molecular flexibility index (Phi) is 5.14. The molecular weight excluding hydrogens is 366 g/mol. The molecule has 0 saturated carbocycles. The number of carbonyl (C=O) groups excluding carboxylic acids is 2. The highest BCUT2D eigenvalue weighted by atomic mass is 16.5. The van der Waals surface area contributed by atoms with Crippen molar-refractivity contribution >= 4 is 22.8 Å². The Labute approximate surface area is 170 Å². The highest BCUT2D eigenvalue weighted by Gasteiger charge is 2.37. The third-order valence-corrected chi connectivity index (χ3v) is 5.93. The fraction of sp³-hybridized carbons (Fsp3) is 0.333. The summed E-state index contributed by atoms with van der Waals surface area (Å²) in [6.45, 7) is 3.79. The van der Waals surface area contributed by atoms with Crippen LogP contribution in [0.25, 0.3) is 10.9 Å². The van der Waals surface area contributed by atoms with Gasteiger partial charge in [-0.25, -0.2) is 9.36 Å². The van der Waals surface area contributed by atoms with Gasteiger partial charge in [0, 0.05) is 17.0 Å². The van der Waals surface area contributed by atoms with Crippen LogP contribution in [-0.4, -0.2) is 30.2 Å². The number of rotatable bonds is 4. The number of carbonyl (C=O) groups is 2. The van der Waals surface area contributed by atoms with Gasteiger partial charge in [0.1, 0.15) is 11.5 Å². The van der Waals surface area contributed by atoms with Crippen molar-refractivity contribution in [1.82, 2.24) is 4.57 Å². The summed E-state index contributed by atoms with van der Waals surface area (Å²) in [5, 5.41) is 1.02. The minimum Gasteiger partial charge on any atom is -0.497 e. The molecule has 150 valence electrons. The lowest BCUT2D eigenvalue weighted by Crippen LogP contribution is -2.30. The van der Waals surface area contributed by atoms with Gasteiger partial charge in [0.15, 0.2) is 0 Å². The number of ketones is 1. The fourth-order valence-electron chi connectivity index (χ4n) is 4.54. The van der Waals surface area contributed by atoms with Crippen LogP contribution in [0.3, 0.4) is 0 Å². The summed E-state index contributed by atoms with van der Waals surface area (Å²) >= 11 is 0. The zero-order valence-corrected chi connectivity index (χ0v) is 17.0. The van der Waals surface area contributed by atoms with Gasteiger partial charge in [0.05, 0.1) is 19.2 Å². The molecule has 0 N–H and O–H groups in total. The molecule has 1 aliphatic carbocycles. The Balaban J connectivity index is 1.86. The number of para-hydroxylation sites is 1. The molecule has 0 radical (unpaired) electrons. The second kappa shape index (κ2) is 7.74. The molecule has 2 atom stereocenters. The van der Waals surface area contributed by atoms with Gasteiger partial charge in [-0.15, -0.1) is 0 Å². The molecule has 0 saturated heterocycles. The summed E-state index contributed by atoms with van der Waals surface area (Å²) in [7, 11) is 1.64. The molecule has 3 aromatic rings. The van der Waals surface area contributed by atoms with E-state index in [0.717, 1.165) is 33.5 Å². The van der Waals surface area contributed by atoms with Crippen LogP contribution in [0.1, 0.15) is 36.6 Å². The molecule has 0 aliphatic heterocycles. The Bertz CT molecular complexity index is 1060. The quantitative estimate of drug-likeness (QED) is 0.644. The van der Waals surface area contributed by atoms with Gasteiger partial charge in [0.2, 0.25) is 0 Å². The van der Waals surface area contributed by atoms with E-state index in [-0.39, 0.29) is 23.7 Å². The van der Waals surface area contributed by atoms with E-state index in [1.165, 1.54) is 0 Å². The molecule has 0 spiro atoms. The predicted molar refractivity (Wildman–Crippen MR) is 112 cm³/mol. The Hall–Kier alpha value is -3.08. The minimum atomic E-state index is -0.361. The van der Waals surface area contributed by atoms with Gasteiger partial charge >= 0.3 is 6.09 Å². The topological polar surface area (TPSA) is 57.5 Å². The lowest BCUT2D eigenvalue weighted by molar-refractivity contribution is -0.121. The third-order valence-electron chi connectivity index (χ3n) is 5.93. The summed E-state index contributed by atoms with van der Waals surface area (Å²) in [6.07, 6.45) is 0.868. The second-order valence-corrected chi connectivity index (χ2v) is 7.48. The summed E-state index contributed by atoms with van der Waals surface area (Å²) in [5.41, 5.74) is 3.95. The van der Waals surface area contributed by atoms with Crippen molar-refractivity contribution in [3.8, 4) is 5.75 Å². The molecule has 5 nitrogen and oxygen atoms in total. The summed E-state index contributed by atoms with van der Waals surface area (Å²) in [5.74, 6) is 0.829. The van der Waals surface area contributed by atoms with Crippen LogP contribution in [0.5, 0.6) is 5.75 Å². The summed E-state index contributed by atoms with van der Waals surface area (Å²) in [4.78, 5) is 25.4.